The van der Waals surface area contributed by atoms with Crippen LogP contribution in [-0.4, -0.2) is 59.9 Å². The minimum Gasteiger partial charge on any atom is -0.382 e. The van der Waals surface area contributed by atoms with E-state index in [0.717, 1.165) is 48.4 Å². The van der Waals surface area contributed by atoms with Crippen molar-refractivity contribution in [2.45, 2.75) is 45.8 Å². The molecule has 218 valence electrons. The van der Waals surface area contributed by atoms with Crippen molar-refractivity contribution in [3.05, 3.63) is 88.2 Å². The molecule has 0 spiro atoms. The van der Waals surface area contributed by atoms with Crippen molar-refractivity contribution in [1.82, 2.24) is 4.90 Å². The largest absolute Gasteiger partial charge is 0.382 e. The Kier molecular flexibility index (Phi) is 8.88. The summed E-state index contributed by atoms with van der Waals surface area (Å²) in [6.45, 7) is 8.48. The van der Waals surface area contributed by atoms with E-state index in [4.69, 9.17) is 0 Å². The maximum atomic E-state index is 14.3. The number of piperidine rings is 1. The number of halogens is 1. The second-order valence-electron chi connectivity index (χ2n) is 11.0. The molecule has 2 aliphatic heterocycles. The lowest BCUT2D eigenvalue weighted by Crippen LogP contribution is -2.54. The maximum Gasteiger partial charge on any atom is 0.254 e. The fourth-order valence-corrected chi connectivity index (χ4v) is 6.29. The van der Waals surface area contributed by atoms with Gasteiger partial charge in [-0.1, -0.05) is 24.3 Å². The zero-order chi connectivity index (χ0) is 29.8. The van der Waals surface area contributed by atoms with E-state index in [9.17, 15) is 18.7 Å². The first-order chi connectivity index (χ1) is 20.3. The molecule has 0 radical (unpaired) electrons. The monoisotopic (exact) mass is 586 g/mol. The average molecular weight is 587 g/mol. The molecule has 2 fully saturated rings. The Hall–Kier alpha value is -4.23. The predicted octanol–water partition coefficient (Wildman–Crippen LogP) is 5.39. The van der Waals surface area contributed by atoms with Gasteiger partial charge in [0.15, 0.2) is 6.17 Å². The third kappa shape index (κ3) is 6.02. The van der Waals surface area contributed by atoms with Gasteiger partial charge in [-0.15, -0.1) is 0 Å². The molecule has 3 aromatic rings. The van der Waals surface area contributed by atoms with Crippen molar-refractivity contribution in [1.29, 1.82) is 5.26 Å². The highest BCUT2D eigenvalue weighted by Gasteiger charge is 2.32. The number of hydrogen-bond acceptors (Lipinski definition) is 7. The van der Waals surface area contributed by atoms with E-state index in [1.807, 2.05) is 61.2 Å². The number of nitrogens with zero attached hydrogens (tertiary/aromatic N) is 5. The molecule has 0 aliphatic carbocycles. The third-order valence-corrected chi connectivity index (χ3v) is 8.71. The zero-order valence-electron chi connectivity index (χ0n) is 24.1. The smallest absolute Gasteiger partial charge is 0.254 e. The van der Waals surface area contributed by atoms with Gasteiger partial charge in [-0.3, -0.25) is 4.79 Å². The highest BCUT2D eigenvalue weighted by atomic mass is 32.1. The van der Waals surface area contributed by atoms with E-state index in [0.29, 0.717) is 35.5 Å². The lowest BCUT2D eigenvalue weighted by Gasteiger charge is -2.41. The van der Waals surface area contributed by atoms with Crippen LogP contribution in [0.1, 0.15) is 45.5 Å². The predicted molar refractivity (Wildman–Crippen MR) is 165 cm³/mol. The average Bonchev–Trinajstić information content (AvgIpc) is 3.00. The van der Waals surface area contributed by atoms with E-state index in [2.05, 4.69) is 20.6 Å². The standard InChI is InChI=1S/C32H35FN6O2S/c1-21-17-22(2)28(35-25-11-13-37(14-12-25)30-9-5-4-7-24(30)19-34)18-26(21)32(40)38-15-16-39(31(20-38)36-42-41)29-10-6-8-27(33)23(29)3/h4-10,17-18,25,31,35H,11-16,20H2,1-3H3. The molecule has 2 aliphatic rings. The van der Waals surface area contributed by atoms with Crippen molar-refractivity contribution in [2.75, 3.05) is 47.8 Å². The SMILES string of the molecule is Cc1cc(C)c(C(=O)N2CCN(c3cccc(F)c3C)C(N=S=O)C2)cc1NC1CCN(c2ccccc2C#N)CC1. The first-order valence-corrected chi connectivity index (χ1v) is 14.9. The summed E-state index contributed by atoms with van der Waals surface area (Å²) in [5.41, 5.74) is 6.37. The number of nitriles is 1. The molecule has 42 heavy (non-hydrogen) atoms. The number of rotatable bonds is 6. The first kappa shape index (κ1) is 29.3. The van der Waals surface area contributed by atoms with Crippen LogP contribution in [0.5, 0.6) is 0 Å². The van der Waals surface area contributed by atoms with Gasteiger partial charge in [-0.05, 0) is 75.1 Å². The number of benzene rings is 3. The number of carbonyl (C=O) groups is 1. The zero-order valence-corrected chi connectivity index (χ0v) is 25.0. The van der Waals surface area contributed by atoms with E-state index in [1.165, 1.54) is 6.07 Å². The summed E-state index contributed by atoms with van der Waals surface area (Å²) in [5, 5.41) is 13.2. The molecule has 3 aromatic carbocycles. The van der Waals surface area contributed by atoms with Gasteiger partial charge in [0, 0.05) is 54.7 Å². The fourth-order valence-electron chi connectivity index (χ4n) is 6.01. The van der Waals surface area contributed by atoms with Crippen LogP contribution in [0.4, 0.5) is 21.5 Å². The van der Waals surface area contributed by atoms with Crippen LogP contribution in [0.3, 0.4) is 0 Å². The highest BCUT2D eigenvalue weighted by Crippen LogP contribution is 2.30. The summed E-state index contributed by atoms with van der Waals surface area (Å²) in [4.78, 5) is 19.7. The molecule has 2 saturated heterocycles. The quantitative estimate of drug-likeness (QED) is 0.417. The Morgan fingerprint density at radius 1 is 1.00 bits per heavy atom. The van der Waals surface area contributed by atoms with E-state index in [1.54, 1.807) is 17.9 Å². The number of amides is 1. The topological polar surface area (TPSA) is 92.0 Å². The molecule has 0 saturated carbocycles. The molecule has 1 amide bonds. The minimum atomic E-state index is -0.578. The second-order valence-corrected chi connectivity index (χ2v) is 11.4. The Morgan fingerprint density at radius 2 is 1.74 bits per heavy atom. The van der Waals surface area contributed by atoms with Gasteiger partial charge >= 0.3 is 0 Å². The van der Waals surface area contributed by atoms with Gasteiger partial charge in [-0.25, -0.2) is 4.39 Å². The number of anilines is 3. The number of piperazine rings is 1. The van der Waals surface area contributed by atoms with Crippen LogP contribution in [0.2, 0.25) is 0 Å². The van der Waals surface area contributed by atoms with Gasteiger partial charge in [-0.2, -0.15) is 13.8 Å². The Morgan fingerprint density at radius 3 is 2.48 bits per heavy atom. The van der Waals surface area contributed by atoms with Gasteiger partial charge < -0.3 is 20.0 Å². The van der Waals surface area contributed by atoms with E-state index >= 15 is 0 Å². The molecule has 1 N–H and O–H groups in total. The van der Waals surface area contributed by atoms with Crippen LogP contribution in [0.25, 0.3) is 0 Å². The Labute approximate surface area is 250 Å². The maximum absolute atomic E-state index is 14.3. The van der Waals surface area contributed by atoms with Crippen molar-refractivity contribution in [2.24, 2.45) is 4.36 Å². The second kappa shape index (κ2) is 12.7. The summed E-state index contributed by atoms with van der Waals surface area (Å²) in [6, 6.07) is 19.1. The Balaban J connectivity index is 1.29. The minimum absolute atomic E-state index is 0.106. The number of aryl methyl sites for hydroxylation is 2. The molecule has 0 aromatic heterocycles. The Bertz CT molecular complexity index is 1580. The molecule has 1 unspecified atom stereocenters. The summed E-state index contributed by atoms with van der Waals surface area (Å²) in [6.07, 6.45) is 1.24. The van der Waals surface area contributed by atoms with Crippen molar-refractivity contribution in [3.8, 4) is 6.07 Å². The molecular formula is C32H35FN6O2S. The fraction of sp³-hybridized carbons (Fsp3) is 0.375. The molecule has 0 bridgehead atoms. The van der Waals surface area contributed by atoms with Crippen LogP contribution in [0.15, 0.2) is 59.0 Å². The van der Waals surface area contributed by atoms with Crippen molar-refractivity contribution in [3.63, 3.8) is 0 Å². The first-order valence-electron chi connectivity index (χ1n) is 14.2. The molecule has 5 rings (SSSR count). The van der Waals surface area contributed by atoms with Crippen LogP contribution >= 0.6 is 0 Å². The van der Waals surface area contributed by atoms with Crippen LogP contribution < -0.4 is 15.1 Å². The summed E-state index contributed by atoms with van der Waals surface area (Å²) >= 11 is 0.126. The number of nitrogens with one attached hydrogen (secondary N) is 1. The third-order valence-electron chi connectivity index (χ3n) is 8.38. The van der Waals surface area contributed by atoms with Crippen molar-refractivity contribution >= 4 is 34.4 Å². The highest BCUT2D eigenvalue weighted by molar-refractivity contribution is 7.54. The molecule has 8 nitrogen and oxygen atoms in total. The van der Waals surface area contributed by atoms with E-state index < -0.39 is 6.17 Å². The van der Waals surface area contributed by atoms with Gasteiger partial charge in [0.05, 0.1) is 17.8 Å². The lowest BCUT2D eigenvalue weighted by atomic mass is 9.99. The number of para-hydroxylation sites is 1. The molecule has 10 heteroatoms. The summed E-state index contributed by atoms with van der Waals surface area (Å²) in [5.74, 6) is -0.419. The summed E-state index contributed by atoms with van der Waals surface area (Å²) < 4.78 is 29.9. The van der Waals surface area contributed by atoms with Crippen LogP contribution in [0, 0.1) is 37.9 Å². The van der Waals surface area contributed by atoms with Crippen LogP contribution in [-0.2, 0) is 11.5 Å². The molecule has 2 heterocycles. The van der Waals surface area contributed by atoms with Crippen molar-refractivity contribution < 1.29 is 13.4 Å². The summed E-state index contributed by atoms with van der Waals surface area (Å²) in [7, 11) is 0. The van der Waals surface area contributed by atoms with Gasteiger partial charge in [0.2, 0.25) is 11.5 Å². The molecule has 1 atom stereocenters. The van der Waals surface area contributed by atoms with Gasteiger partial charge in [0.25, 0.3) is 5.91 Å². The number of hydrogen-bond donors (Lipinski definition) is 1. The normalized spacial score (nSPS) is 17.5. The lowest BCUT2D eigenvalue weighted by molar-refractivity contribution is 0.0724. The number of carbonyl (C=O) groups excluding carboxylic acids is 1. The molecular weight excluding hydrogens is 551 g/mol. The van der Waals surface area contributed by atoms with E-state index in [-0.39, 0.29) is 35.8 Å². The van der Waals surface area contributed by atoms with Gasteiger partial charge in [0.1, 0.15) is 11.9 Å².